The van der Waals surface area contributed by atoms with E-state index < -0.39 is 4.92 Å². The van der Waals surface area contributed by atoms with Gasteiger partial charge in [-0.1, -0.05) is 12.8 Å². The van der Waals surface area contributed by atoms with Crippen molar-refractivity contribution in [1.82, 2.24) is 9.97 Å². The topological polar surface area (TPSA) is 116 Å². The monoisotopic (exact) mass is 267 g/mol. The van der Waals surface area contributed by atoms with Crippen molar-refractivity contribution in [2.45, 2.75) is 44.6 Å². The number of rotatable bonds is 4. The average molecular weight is 267 g/mol. The third-order valence-electron chi connectivity index (χ3n) is 3.14. The van der Waals surface area contributed by atoms with Crippen LogP contribution in [-0.2, 0) is 0 Å². The van der Waals surface area contributed by atoms with E-state index in [1.54, 1.807) is 0 Å². The summed E-state index contributed by atoms with van der Waals surface area (Å²) < 4.78 is 5.68. The molecule has 0 aromatic carbocycles. The van der Waals surface area contributed by atoms with Gasteiger partial charge in [-0.15, -0.1) is 0 Å². The number of nitro groups is 1. The van der Waals surface area contributed by atoms with Gasteiger partial charge in [0.15, 0.2) is 0 Å². The van der Waals surface area contributed by atoms with Crippen LogP contribution in [0.5, 0.6) is 5.88 Å². The summed E-state index contributed by atoms with van der Waals surface area (Å²) in [5.74, 6) is 5.29. The van der Waals surface area contributed by atoms with Crippen LogP contribution < -0.4 is 16.0 Å². The first kappa shape index (κ1) is 13.5. The molecule has 19 heavy (non-hydrogen) atoms. The number of nitrogens with one attached hydrogen (secondary N) is 1. The molecule has 0 unspecified atom stereocenters. The van der Waals surface area contributed by atoms with Crippen LogP contribution in [0.2, 0.25) is 0 Å². The zero-order valence-corrected chi connectivity index (χ0v) is 10.5. The fraction of sp³-hybridized carbons (Fsp3) is 0.636. The van der Waals surface area contributed by atoms with E-state index in [1.807, 2.05) is 0 Å². The lowest BCUT2D eigenvalue weighted by Crippen LogP contribution is -2.18. The first-order valence-corrected chi connectivity index (χ1v) is 6.35. The van der Waals surface area contributed by atoms with Crippen molar-refractivity contribution in [2.24, 2.45) is 5.84 Å². The molecule has 1 aliphatic rings. The predicted molar refractivity (Wildman–Crippen MR) is 68.6 cm³/mol. The molecule has 8 nitrogen and oxygen atoms in total. The Kier molecular flexibility index (Phi) is 4.45. The van der Waals surface area contributed by atoms with Gasteiger partial charge in [-0.05, 0) is 25.7 Å². The fourth-order valence-electron chi connectivity index (χ4n) is 2.16. The fourth-order valence-corrected chi connectivity index (χ4v) is 2.16. The Bertz CT molecular complexity index is 446. The standard InChI is InChI=1S/C11H17N5O3/c12-15-11-13-7-9(16(17)18)10(14-11)19-8-5-3-1-2-4-6-8/h7-8H,1-6,12H2,(H,13,14,15). The lowest BCUT2D eigenvalue weighted by molar-refractivity contribution is -0.386. The van der Waals surface area contributed by atoms with Crippen LogP contribution in [0.4, 0.5) is 11.6 Å². The Balaban J connectivity index is 2.18. The number of hydrazine groups is 1. The third-order valence-corrected chi connectivity index (χ3v) is 3.14. The molecule has 1 saturated carbocycles. The molecule has 1 aliphatic carbocycles. The molecule has 0 aliphatic heterocycles. The minimum absolute atomic E-state index is 0.0140. The number of aromatic nitrogens is 2. The number of ether oxygens (including phenoxy) is 1. The summed E-state index contributed by atoms with van der Waals surface area (Å²) in [4.78, 5) is 18.0. The summed E-state index contributed by atoms with van der Waals surface area (Å²) in [6.07, 6.45) is 7.38. The molecule has 1 aromatic rings. The first-order valence-electron chi connectivity index (χ1n) is 6.35. The van der Waals surface area contributed by atoms with Gasteiger partial charge in [-0.3, -0.25) is 15.5 Å². The van der Waals surface area contributed by atoms with Crippen LogP contribution in [0.15, 0.2) is 6.20 Å². The van der Waals surface area contributed by atoms with Gasteiger partial charge in [0.2, 0.25) is 5.95 Å². The Morgan fingerprint density at radius 1 is 1.37 bits per heavy atom. The van der Waals surface area contributed by atoms with Crippen LogP contribution in [0.3, 0.4) is 0 Å². The molecule has 3 N–H and O–H groups in total. The van der Waals surface area contributed by atoms with Crippen molar-refractivity contribution in [3.63, 3.8) is 0 Å². The highest BCUT2D eigenvalue weighted by molar-refractivity contribution is 5.42. The molecule has 1 fully saturated rings. The average Bonchev–Trinajstić information content (AvgIpc) is 2.67. The van der Waals surface area contributed by atoms with Gasteiger partial charge in [-0.2, -0.15) is 4.98 Å². The molecule has 2 rings (SSSR count). The van der Waals surface area contributed by atoms with E-state index in [9.17, 15) is 10.1 Å². The van der Waals surface area contributed by atoms with Crippen LogP contribution >= 0.6 is 0 Å². The Morgan fingerprint density at radius 3 is 2.63 bits per heavy atom. The highest BCUT2D eigenvalue weighted by Gasteiger charge is 2.23. The zero-order valence-electron chi connectivity index (χ0n) is 10.5. The molecular formula is C11H17N5O3. The molecule has 1 heterocycles. The van der Waals surface area contributed by atoms with Gasteiger partial charge in [0.05, 0.1) is 4.92 Å². The molecule has 0 atom stereocenters. The highest BCUT2D eigenvalue weighted by atomic mass is 16.6. The zero-order chi connectivity index (χ0) is 13.7. The van der Waals surface area contributed by atoms with Crippen molar-refractivity contribution in [3.05, 3.63) is 16.3 Å². The SMILES string of the molecule is NNc1ncc([N+](=O)[O-])c(OC2CCCCCC2)n1. The largest absolute Gasteiger partial charge is 0.469 e. The molecule has 0 spiro atoms. The summed E-state index contributed by atoms with van der Waals surface area (Å²) in [6.45, 7) is 0. The molecule has 1 aromatic heterocycles. The summed E-state index contributed by atoms with van der Waals surface area (Å²) in [5, 5.41) is 10.9. The van der Waals surface area contributed by atoms with Crippen LogP contribution in [-0.4, -0.2) is 21.0 Å². The van der Waals surface area contributed by atoms with Gasteiger partial charge < -0.3 is 4.74 Å². The van der Waals surface area contributed by atoms with Gasteiger partial charge in [0, 0.05) is 0 Å². The van der Waals surface area contributed by atoms with Crippen molar-refractivity contribution in [3.8, 4) is 5.88 Å². The Morgan fingerprint density at radius 2 is 2.05 bits per heavy atom. The van der Waals surface area contributed by atoms with Gasteiger partial charge in [0.1, 0.15) is 12.3 Å². The molecule has 0 radical (unpaired) electrons. The maximum absolute atomic E-state index is 10.9. The third kappa shape index (κ3) is 3.50. The predicted octanol–water partition coefficient (Wildman–Crippen LogP) is 1.77. The maximum Gasteiger partial charge on any atom is 0.349 e. The summed E-state index contributed by atoms with van der Waals surface area (Å²) in [7, 11) is 0. The van der Waals surface area contributed by atoms with Crippen molar-refractivity contribution >= 4 is 11.6 Å². The van der Waals surface area contributed by atoms with Crippen LogP contribution in [0.25, 0.3) is 0 Å². The van der Waals surface area contributed by atoms with Gasteiger partial charge in [-0.25, -0.2) is 10.8 Å². The summed E-state index contributed by atoms with van der Waals surface area (Å²) >= 11 is 0. The molecule has 0 saturated heterocycles. The van der Waals surface area contributed by atoms with E-state index in [0.29, 0.717) is 0 Å². The Hall–Kier alpha value is -1.96. The quantitative estimate of drug-likeness (QED) is 0.369. The lowest BCUT2D eigenvalue weighted by atomic mass is 10.1. The van der Waals surface area contributed by atoms with Gasteiger partial charge >= 0.3 is 5.69 Å². The summed E-state index contributed by atoms with van der Waals surface area (Å²) in [5.41, 5.74) is 2.03. The van der Waals surface area contributed by atoms with E-state index in [0.717, 1.165) is 31.9 Å². The van der Waals surface area contributed by atoms with E-state index >= 15 is 0 Å². The second-order valence-corrected chi connectivity index (χ2v) is 4.52. The maximum atomic E-state index is 10.9. The second kappa shape index (κ2) is 6.28. The molecule has 104 valence electrons. The normalized spacial score (nSPS) is 16.7. The highest BCUT2D eigenvalue weighted by Crippen LogP contribution is 2.28. The number of hydrogen-bond donors (Lipinski definition) is 2. The van der Waals surface area contributed by atoms with Crippen molar-refractivity contribution in [2.75, 3.05) is 5.43 Å². The van der Waals surface area contributed by atoms with Crippen LogP contribution in [0.1, 0.15) is 38.5 Å². The smallest absolute Gasteiger partial charge is 0.349 e. The minimum atomic E-state index is -0.549. The number of nitrogens with two attached hydrogens (primary N) is 1. The Labute approximate surface area is 110 Å². The van der Waals surface area contributed by atoms with E-state index in [-0.39, 0.29) is 23.6 Å². The van der Waals surface area contributed by atoms with Crippen LogP contribution in [0, 0.1) is 10.1 Å². The van der Waals surface area contributed by atoms with E-state index in [1.165, 1.54) is 12.8 Å². The first-order chi connectivity index (χ1) is 9.20. The lowest BCUT2D eigenvalue weighted by Gasteiger charge is -2.16. The van der Waals surface area contributed by atoms with Crippen molar-refractivity contribution in [1.29, 1.82) is 0 Å². The minimum Gasteiger partial charge on any atom is -0.469 e. The summed E-state index contributed by atoms with van der Waals surface area (Å²) in [6, 6.07) is 0. The van der Waals surface area contributed by atoms with Crippen molar-refractivity contribution < 1.29 is 9.66 Å². The number of nitrogen functional groups attached to an aromatic ring is 1. The molecular weight excluding hydrogens is 250 g/mol. The number of hydrogen-bond acceptors (Lipinski definition) is 7. The molecule has 0 amide bonds. The van der Waals surface area contributed by atoms with E-state index in [4.69, 9.17) is 10.6 Å². The second-order valence-electron chi connectivity index (χ2n) is 4.52. The number of nitrogens with zero attached hydrogens (tertiary/aromatic N) is 3. The van der Waals surface area contributed by atoms with E-state index in [2.05, 4.69) is 15.4 Å². The molecule has 0 bridgehead atoms. The van der Waals surface area contributed by atoms with Gasteiger partial charge in [0.25, 0.3) is 5.88 Å². The number of anilines is 1. The molecule has 8 heteroatoms.